The number of benzene rings is 2. The summed E-state index contributed by atoms with van der Waals surface area (Å²) >= 11 is 0. The molecule has 1 amide bonds. The van der Waals surface area contributed by atoms with Crippen molar-refractivity contribution in [2.75, 3.05) is 27.2 Å². The highest BCUT2D eigenvalue weighted by Crippen LogP contribution is 2.47. The lowest BCUT2D eigenvalue weighted by atomic mass is 9.89. The smallest absolute Gasteiger partial charge is 0.416 e. The summed E-state index contributed by atoms with van der Waals surface area (Å²) < 4.78 is 82.9. The first-order valence-electron chi connectivity index (χ1n) is 17.8. The molecule has 2 atom stereocenters. The summed E-state index contributed by atoms with van der Waals surface area (Å²) in [7, 11) is 3.56. The summed E-state index contributed by atoms with van der Waals surface area (Å²) in [5, 5.41) is 12.5. The molecule has 52 heavy (non-hydrogen) atoms. The zero-order valence-corrected chi connectivity index (χ0v) is 30.0. The summed E-state index contributed by atoms with van der Waals surface area (Å²) in [6, 6.07) is 2.46. The number of pyridine rings is 1. The van der Waals surface area contributed by atoms with E-state index >= 15 is 8.78 Å². The number of nitrogens with zero attached hydrogens (tertiary/aromatic N) is 2. The lowest BCUT2D eigenvalue weighted by molar-refractivity contribution is -0.139. The van der Waals surface area contributed by atoms with Crippen LogP contribution in [-0.2, 0) is 22.2 Å². The summed E-state index contributed by atoms with van der Waals surface area (Å²) in [6.45, 7) is 4.41. The standard InChI is InChI=1S/C39H46F5N3O5/c1-22-16-23(2)34-27-18-26(24-12-13-24)36(40)35(37(27)41)29(20-33(49)50)45-38(51)30(11-7-5-6-8-15-52-31(34)17-22)47-21-25(10-9-14-46(3)4)28(19-32(47)48)39(42,43)44/h16-19,21,24,29-30H,5-15,20H2,1-4H3,(H,45,51)(H,49,50)/t29-,30-/m0/s1. The molecule has 1 aliphatic heterocycles. The number of aryl methyl sites for hydroxylation is 3. The van der Waals surface area contributed by atoms with Gasteiger partial charge in [-0.05, 0) is 113 Å². The van der Waals surface area contributed by atoms with Gasteiger partial charge >= 0.3 is 12.1 Å². The summed E-state index contributed by atoms with van der Waals surface area (Å²) in [5.74, 6) is -4.21. The van der Waals surface area contributed by atoms with Gasteiger partial charge in [0, 0.05) is 29.0 Å². The van der Waals surface area contributed by atoms with Crippen molar-refractivity contribution >= 4 is 11.9 Å². The van der Waals surface area contributed by atoms with E-state index in [0.717, 1.165) is 16.3 Å². The third-order valence-electron chi connectivity index (χ3n) is 9.82. The molecule has 8 nitrogen and oxygen atoms in total. The molecule has 2 aromatic carbocycles. The van der Waals surface area contributed by atoms with Gasteiger partial charge in [0.05, 0.1) is 24.6 Å². The van der Waals surface area contributed by atoms with Crippen LogP contribution in [0.3, 0.4) is 0 Å². The topological polar surface area (TPSA) is 101 Å². The average Bonchev–Trinajstić information content (AvgIpc) is 3.88. The molecule has 5 rings (SSSR count). The second-order valence-corrected chi connectivity index (χ2v) is 14.4. The number of hydrogen-bond donors (Lipinski definition) is 2. The Balaban J connectivity index is 1.67. The number of ether oxygens (including phenoxy) is 1. The molecule has 3 aromatic rings. The number of alkyl halides is 3. The number of carboxylic acid groups (broad SMARTS) is 1. The molecule has 2 aliphatic rings. The average molecular weight is 732 g/mol. The molecule has 2 bridgehead atoms. The number of rotatable bonds is 8. The van der Waals surface area contributed by atoms with Gasteiger partial charge in [-0.1, -0.05) is 25.3 Å². The molecule has 13 heteroatoms. The van der Waals surface area contributed by atoms with Crippen molar-refractivity contribution < 1.29 is 41.4 Å². The molecule has 2 heterocycles. The Labute approximate surface area is 300 Å². The molecule has 1 saturated carbocycles. The van der Waals surface area contributed by atoms with Crippen LogP contribution in [-0.4, -0.2) is 53.7 Å². The highest BCUT2D eigenvalue weighted by molar-refractivity contribution is 5.82. The molecule has 0 radical (unpaired) electrons. The lowest BCUT2D eigenvalue weighted by Crippen LogP contribution is -2.40. The SMILES string of the molecule is Cc1cc(C)c2c(c1)OCCCCCC[C@H](n1cc(CCCN(C)C)c(C(F)(F)F)cc1=O)C(=O)N[C@@H](CC(=O)O)c1c(F)c-2cc(C2CC2)c1F. The fraction of sp³-hybridized carbons (Fsp3) is 0.513. The van der Waals surface area contributed by atoms with Crippen LogP contribution in [0.15, 0.2) is 35.3 Å². The monoisotopic (exact) mass is 731 g/mol. The van der Waals surface area contributed by atoms with Crippen molar-refractivity contribution in [3.63, 3.8) is 0 Å². The zero-order valence-electron chi connectivity index (χ0n) is 30.0. The fourth-order valence-corrected chi connectivity index (χ4v) is 7.17. The first kappa shape index (κ1) is 39.0. The number of carbonyl (C=O) groups is 2. The molecular weight excluding hydrogens is 685 g/mol. The summed E-state index contributed by atoms with van der Waals surface area (Å²) in [6.07, 6.45) is -0.830. The molecular formula is C39H46F5N3O5. The predicted octanol–water partition coefficient (Wildman–Crippen LogP) is 8.02. The van der Waals surface area contributed by atoms with E-state index in [-0.39, 0.29) is 42.1 Å². The van der Waals surface area contributed by atoms with Crippen LogP contribution in [0, 0.1) is 25.5 Å². The van der Waals surface area contributed by atoms with Gasteiger partial charge in [-0.2, -0.15) is 13.2 Å². The van der Waals surface area contributed by atoms with Crippen molar-refractivity contribution in [3.8, 4) is 16.9 Å². The fourth-order valence-electron chi connectivity index (χ4n) is 7.17. The van der Waals surface area contributed by atoms with E-state index in [1.807, 2.05) is 17.9 Å². The van der Waals surface area contributed by atoms with Crippen LogP contribution in [0.1, 0.15) is 109 Å². The molecule has 1 aromatic heterocycles. The molecule has 282 valence electrons. The molecule has 1 fully saturated rings. The van der Waals surface area contributed by atoms with Gasteiger partial charge in [0.25, 0.3) is 5.56 Å². The van der Waals surface area contributed by atoms with Crippen LogP contribution < -0.4 is 15.6 Å². The second-order valence-electron chi connectivity index (χ2n) is 14.4. The number of fused-ring (bicyclic) bond motifs is 4. The predicted molar refractivity (Wildman–Crippen MR) is 187 cm³/mol. The van der Waals surface area contributed by atoms with E-state index < -0.39 is 64.9 Å². The van der Waals surface area contributed by atoms with Gasteiger partial charge in [0.2, 0.25) is 5.91 Å². The molecule has 1 aliphatic carbocycles. The van der Waals surface area contributed by atoms with E-state index in [1.54, 1.807) is 27.1 Å². The Morgan fingerprint density at radius 3 is 2.37 bits per heavy atom. The second kappa shape index (κ2) is 16.2. The Morgan fingerprint density at radius 2 is 1.71 bits per heavy atom. The molecule has 0 unspecified atom stereocenters. The van der Waals surface area contributed by atoms with Crippen molar-refractivity contribution in [3.05, 3.63) is 85.8 Å². The largest absolute Gasteiger partial charge is 0.493 e. The zero-order chi connectivity index (χ0) is 37.9. The van der Waals surface area contributed by atoms with Gasteiger partial charge < -0.3 is 24.6 Å². The van der Waals surface area contributed by atoms with Crippen LogP contribution in [0.5, 0.6) is 5.75 Å². The van der Waals surface area contributed by atoms with Crippen LogP contribution in [0.4, 0.5) is 22.0 Å². The van der Waals surface area contributed by atoms with Gasteiger partial charge in [-0.3, -0.25) is 14.4 Å². The molecule has 0 saturated heterocycles. The Bertz CT molecular complexity index is 1870. The Kier molecular flexibility index (Phi) is 12.1. The lowest BCUT2D eigenvalue weighted by Gasteiger charge is -2.27. The van der Waals surface area contributed by atoms with Crippen molar-refractivity contribution in [1.29, 1.82) is 0 Å². The summed E-state index contributed by atoms with van der Waals surface area (Å²) in [5.41, 5.74) is -0.819. The first-order valence-corrected chi connectivity index (χ1v) is 17.8. The van der Waals surface area contributed by atoms with E-state index in [0.29, 0.717) is 74.4 Å². The number of hydrogen-bond acceptors (Lipinski definition) is 5. The van der Waals surface area contributed by atoms with E-state index in [4.69, 9.17) is 4.74 Å². The minimum absolute atomic E-state index is 0.00837. The van der Waals surface area contributed by atoms with E-state index in [1.165, 1.54) is 6.07 Å². The molecule has 2 N–H and O–H groups in total. The Morgan fingerprint density at radius 1 is 1.00 bits per heavy atom. The number of carbonyl (C=O) groups excluding carboxylic acids is 1. The number of amides is 1. The highest BCUT2D eigenvalue weighted by atomic mass is 19.4. The van der Waals surface area contributed by atoms with Gasteiger partial charge in [0.15, 0.2) is 0 Å². The van der Waals surface area contributed by atoms with Gasteiger partial charge in [-0.25, -0.2) is 8.78 Å². The Hall–Kier alpha value is -4.26. The maximum atomic E-state index is 16.9. The minimum Gasteiger partial charge on any atom is -0.493 e. The maximum absolute atomic E-state index is 16.9. The minimum atomic E-state index is -4.82. The van der Waals surface area contributed by atoms with Gasteiger partial charge in [0.1, 0.15) is 23.4 Å². The van der Waals surface area contributed by atoms with Crippen molar-refractivity contribution in [1.82, 2.24) is 14.8 Å². The van der Waals surface area contributed by atoms with Crippen LogP contribution in [0.25, 0.3) is 11.1 Å². The van der Waals surface area contributed by atoms with Crippen LogP contribution in [0.2, 0.25) is 0 Å². The van der Waals surface area contributed by atoms with E-state index in [9.17, 15) is 32.7 Å². The first-order chi connectivity index (χ1) is 24.6. The van der Waals surface area contributed by atoms with Crippen molar-refractivity contribution in [2.24, 2.45) is 0 Å². The number of carboxylic acids is 1. The quantitative estimate of drug-likeness (QED) is 0.228. The van der Waals surface area contributed by atoms with E-state index in [2.05, 4.69) is 5.32 Å². The number of halogens is 5. The number of nitrogens with one attached hydrogen (secondary N) is 1. The maximum Gasteiger partial charge on any atom is 0.416 e. The van der Waals surface area contributed by atoms with Crippen molar-refractivity contribution in [2.45, 2.75) is 102 Å². The number of aliphatic carboxylic acids is 1. The molecule has 0 spiro atoms. The highest BCUT2D eigenvalue weighted by Gasteiger charge is 2.38. The normalized spacial score (nSPS) is 18.8. The van der Waals surface area contributed by atoms with Crippen LogP contribution >= 0.6 is 0 Å². The summed E-state index contributed by atoms with van der Waals surface area (Å²) in [4.78, 5) is 41.6. The third-order valence-corrected chi connectivity index (χ3v) is 9.82. The van der Waals surface area contributed by atoms with Gasteiger partial charge in [-0.15, -0.1) is 0 Å². The number of aromatic nitrogens is 1. The third kappa shape index (κ3) is 9.02.